The Morgan fingerprint density at radius 3 is 2.76 bits per heavy atom. The molecule has 1 saturated carbocycles. The Hall–Kier alpha value is -1.61. The Morgan fingerprint density at radius 1 is 1.47 bits per heavy atom. The van der Waals surface area contributed by atoms with Gasteiger partial charge in [-0.3, -0.25) is 4.79 Å². The van der Waals surface area contributed by atoms with Crippen LogP contribution in [0, 0.1) is 6.92 Å². The average molecular weight is 231 g/mol. The molecule has 0 aliphatic heterocycles. The largest absolute Gasteiger partial charge is 0.394 e. The minimum atomic E-state index is -0.340. The summed E-state index contributed by atoms with van der Waals surface area (Å²) in [5.41, 5.74) is 1.84. The lowest BCUT2D eigenvalue weighted by atomic mass is 10.1. The average Bonchev–Trinajstić information content (AvgIpc) is 3.08. The number of carbonyl (C=O) groups is 1. The van der Waals surface area contributed by atoms with Crippen molar-refractivity contribution < 1.29 is 9.90 Å². The number of benzene rings is 1. The molecular formula is C14H17NO2. The molecule has 1 aromatic rings. The summed E-state index contributed by atoms with van der Waals surface area (Å²) < 4.78 is 0. The molecule has 2 N–H and O–H groups in total. The fourth-order valence-electron chi connectivity index (χ4n) is 1.72. The maximum atomic E-state index is 11.6. The Balaban J connectivity index is 1.97. The molecule has 0 aromatic heterocycles. The van der Waals surface area contributed by atoms with Crippen LogP contribution in [-0.2, 0) is 4.79 Å². The number of rotatable bonds is 4. The monoisotopic (exact) mass is 231 g/mol. The van der Waals surface area contributed by atoms with Crippen LogP contribution in [0.1, 0.15) is 24.0 Å². The van der Waals surface area contributed by atoms with Crippen LogP contribution in [0.3, 0.4) is 0 Å². The number of aryl methyl sites for hydroxylation is 1. The van der Waals surface area contributed by atoms with Crippen LogP contribution in [0.15, 0.2) is 30.3 Å². The molecule has 0 spiro atoms. The SMILES string of the molecule is Cc1ccccc1/C=C/C(=O)NC1(CO)CC1. The molecule has 17 heavy (non-hydrogen) atoms. The molecule has 1 aliphatic rings. The van der Waals surface area contributed by atoms with Crippen molar-refractivity contribution in [2.24, 2.45) is 0 Å². The van der Waals surface area contributed by atoms with E-state index in [1.165, 1.54) is 6.08 Å². The molecule has 3 heteroatoms. The number of aliphatic hydroxyl groups excluding tert-OH is 1. The van der Waals surface area contributed by atoms with Gasteiger partial charge >= 0.3 is 0 Å². The Morgan fingerprint density at radius 2 is 2.18 bits per heavy atom. The Kier molecular flexibility index (Phi) is 3.29. The van der Waals surface area contributed by atoms with Gasteiger partial charge in [0, 0.05) is 6.08 Å². The summed E-state index contributed by atoms with van der Waals surface area (Å²) in [5, 5.41) is 11.9. The summed E-state index contributed by atoms with van der Waals surface area (Å²) in [6.45, 7) is 2.03. The molecule has 0 heterocycles. The molecule has 0 bridgehead atoms. The van der Waals surface area contributed by atoms with E-state index in [1.807, 2.05) is 31.2 Å². The lowest BCUT2D eigenvalue weighted by Crippen LogP contribution is -2.38. The van der Waals surface area contributed by atoms with E-state index in [-0.39, 0.29) is 18.1 Å². The minimum Gasteiger partial charge on any atom is -0.394 e. The Labute approximate surface area is 101 Å². The van der Waals surface area contributed by atoms with Crippen molar-refractivity contribution in [1.29, 1.82) is 0 Å². The lowest BCUT2D eigenvalue weighted by molar-refractivity contribution is -0.117. The number of nitrogens with one attached hydrogen (secondary N) is 1. The zero-order valence-corrected chi connectivity index (χ0v) is 9.94. The van der Waals surface area contributed by atoms with Gasteiger partial charge in [0.1, 0.15) is 0 Å². The molecule has 0 unspecified atom stereocenters. The Bertz CT molecular complexity index is 447. The molecule has 90 valence electrons. The number of carbonyl (C=O) groups excluding carboxylic acids is 1. The summed E-state index contributed by atoms with van der Waals surface area (Å²) in [4.78, 5) is 11.6. The summed E-state index contributed by atoms with van der Waals surface area (Å²) in [5.74, 6) is -0.139. The second-order valence-electron chi connectivity index (χ2n) is 4.62. The lowest BCUT2D eigenvalue weighted by Gasteiger charge is -2.11. The molecular weight excluding hydrogens is 214 g/mol. The van der Waals surface area contributed by atoms with Crippen molar-refractivity contribution in [3.63, 3.8) is 0 Å². The number of amides is 1. The van der Waals surface area contributed by atoms with Gasteiger partial charge in [-0.05, 0) is 37.0 Å². The van der Waals surface area contributed by atoms with Crippen LogP contribution in [0.5, 0.6) is 0 Å². The van der Waals surface area contributed by atoms with Gasteiger partial charge in [-0.25, -0.2) is 0 Å². The van der Waals surface area contributed by atoms with Crippen molar-refractivity contribution in [2.45, 2.75) is 25.3 Å². The van der Waals surface area contributed by atoms with Gasteiger partial charge in [-0.1, -0.05) is 24.3 Å². The highest BCUT2D eigenvalue weighted by atomic mass is 16.3. The van der Waals surface area contributed by atoms with Crippen LogP contribution in [0.2, 0.25) is 0 Å². The predicted molar refractivity (Wildman–Crippen MR) is 67.4 cm³/mol. The van der Waals surface area contributed by atoms with Crippen LogP contribution >= 0.6 is 0 Å². The summed E-state index contributed by atoms with van der Waals surface area (Å²) >= 11 is 0. The van der Waals surface area contributed by atoms with Crippen LogP contribution in [0.4, 0.5) is 0 Å². The third kappa shape index (κ3) is 2.94. The smallest absolute Gasteiger partial charge is 0.244 e. The fraction of sp³-hybridized carbons (Fsp3) is 0.357. The van der Waals surface area contributed by atoms with Crippen molar-refractivity contribution >= 4 is 12.0 Å². The standard InChI is InChI=1S/C14H17NO2/c1-11-4-2-3-5-12(11)6-7-13(17)15-14(10-16)8-9-14/h2-7,16H,8-10H2,1H3,(H,15,17)/b7-6+. The predicted octanol–water partition coefficient (Wildman–Crippen LogP) is 1.65. The van der Waals surface area contributed by atoms with Crippen LogP contribution in [0.25, 0.3) is 6.08 Å². The van der Waals surface area contributed by atoms with Crippen molar-refractivity contribution in [1.82, 2.24) is 5.32 Å². The molecule has 1 aliphatic carbocycles. The minimum absolute atomic E-state index is 0.0247. The molecule has 0 saturated heterocycles. The van der Waals surface area contributed by atoms with Gasteiger partial charge in [0.15, 0.2) is 0 Å². The molecule has 1 amide bonds. The number of hydrogen-bond acceptors (Lipinski definition) is 2. The van der Waals surface area contributed by atoms with E-state index in [2.05, 4.69) is 5.32 Å². The van der Waals surface area contributed by atoms with Crippen LogP contribution < -0.4 is 5.32 Å². The van der Waals surface area contributed by atoms with E-state index >= 15 is 0 Å². The van der Waals surface area contributed by atoms with Gasteiger partial charge in [-0.2, -0.15) is 0 Å². The van der Waals surface area contributed by atoms with E-state index in [9.17, 15) is 4.79 Å². The molecule has 2 rings (SSSR count). The molecule has 0 radical (unpaired) electrons. The third-order valence-electron chi connectivity index (χ3n) is 3.15. The first-order valence-electron chi connectivity index (χ1n) is 5.82. The normalized spacial score (nSPS) is 17.1. The van der Waals surface area contributed by atoms with Crippen molar-refractivity contribution in [3.05, 3.63) is 41.5 Å². The van der Waals surface area contributed by atoms with E-state index in [4.69, 9.17) is 5.11 Å². The molecule has 1 aromatic carbocycles. The molecule has 3 nitrogen and oxygen atoms in total. The maximum absolute atomic E-state index is 11.6. The van der Waals surface area contributed by atoms with E-state index in [1.54, 1.807) is 6.08 Å². The van der Waals surface area contributed by atoms with Gasteiger partial charge in [0.25, 0.3) is 0 Å². The van der Waals surface area contributed by atoms with E-state index in [0.29, 0.717) is 0 Å². The number of aliphatic hydroxyl groups is 1. The van der Waals surface area contributed by atoms with Crippen molar-refractivity contribution in [2.75, 3.05) is 6.61 Å². The summed E-state index contributed by atoms with van der Waals surface area (Å²) in [7, 11) is 0. The maximum Gasteiger partial charge on any atom is 0.244 e. The summed E-state index contributed by atoms with van der Waals surface area (Å²) in [6.07, 6.45) is 5.07. The second-order valence-corrected chi connectivity index (χ2v) is 4.62. The van der Waals surface area contributed by atoms with Gasteiger partial charge in [-0.15, -0.1) is 0 Å². The van der Waals surface area contributed by atoms with Crippen molar-refractivity contribution in [3.8, 4) is 0 Å². The highest BCUT2D eigenvalue weighted by Crippen LogP contribution is 2.34. The molecule has 1 fully saturated rings. The van der Waals surface area contributed by atoms with Gasteiger partial charge in [0.05, 0.1) is 12.1 Å². The highest BCUT2D eigenvalue weighted by Gasteiger charge is 2.42. The summed E-state index contributed by atoms with van der Waals surface area (Å²) in [6, 6.07) is 7.89. The molecule has 0 atom stereocenters. The first kappa shape index (κ1) is 11.9. The second kappa shape index (κ2) is 4.72. The highest BCUT2D eigenvalue weighted by molar-refractivity contribution is 5.92. The van der Waals surface area contributed by atoms with Crippen LogP contribution in [-0.4, -0.2) is 23.2 Å². The van der Waals surface area contributed by atoms with Gasteiger partial charge < -0.3 is 10.4 Å². The zero-order valence-electron chi connectivity index (χ0n) is 9.94. The third-order valence-corrected chi connectivity index (χ3v) is 3.15. The van der Waals surface area contributed by atoms with E-state index in [0.717, 1.165) is 24.0 Å². The first-order valence-corrected chi connectivity index (χ1v) is 5.82. The fourth-order valence-corrected chi connectivity index (χ4v) is 1.72. The zero-order chi connectivity index (χ0) is 12.3. The van der Waals surface area contributed by atoms with Gasteiger partial charge in [0.2, 0.25) is 5.91 Å². The quantitative estimate of drug-likeness (QED) is 0.774. The topological polar surface area (TPSA) is 49.3 Å². The first-order chi connectivity index (χ1) is 8.15. The number of hydrogen-bond donors (Lipinski definition) is 2. The van der Waals surface area contributed by atoms with E-state index < -0.39 is 0 Å².